The number of halogens is 1. The van der Waals surface area contributed by atoms with Crippen molar-refractivity contribution in [1.29, 1.82) is 5.26 Å². The van der Waals surface area contributed by atoms with E-state index < -0.39 is 0 Å². The van der Waals surface area contributed by atoms with Crippen LogP contribution in [0.5, 0.6) is 0 Å². The van der Waals surface area contributed by atoms with Gasteiger partial charge in [0.15, 0.2) is 0 Å². The van der Waals surface area contributed by atoms with Gasteiger partial charge in [0.1, 0.15) is 17.7 Å². The maximum Gasteiger partial charge on any atom is 0.144 e. The molecular formula is C16H16FN3. The van der Waals surface area contributed by atoms with E-state index in [2.05, 4.69) is 16.4 Å². The van der Waals surface area contributed by atoms with Gasteiger partial charge in [-0.1, -0.05) is 12.1 Å². The topological polar surface area (TPSA) is 48.7 Å². The van der Waals surface area contributed by atoms with E-state index in [9.17, 15) is 9.65 Å². The van der Waals surface area contributed by atoms with Crippen LogP contribution in [0.2, 0.25) is 0 Å². The predicted molar refractivity (Wildman–Crippen MR) is 76.9 cm³/mol. The van der Waals surface area contributed by atoms with Gasteiger partial charge in [0.2, 0.25) is 0 Å². The Morgan fingerprint density at radius 1 is 1.30 bits per heavy atom. The van der Waals surface area contributed by atoms with Crippen LogP contribution in [0, 0.1) is 31.0 Å². The van der Waals surface area contributed by atoms with Gasteiger partial charge in [0.25, 0.3) is 0 Å². The van der Waals surface area contributed by atoms with Crippen molar-refractivity contribution in [1.82, 2.24) is 4.98 Å². The lowest BCUT2D eigenvalue weighted by Crippen LogP contribution is -2.11. The van der Waals surface area contributed by atoms with E-state index in [0.717, 1.165) is 16.8 Å². The molecule has 1 heterocycles. The number of nitriles is 1. The zero-order valence-corrected chi connectivity index (χ0v) is 11.7. The molecule has 20 heavy (non-hydrogen) atoms. The molecule has 1 atom stereocenters. The molecule has 3 nitrogen and oxygen atoms in total. The molecule has 0 radical (unpaired) electrons. The fraction of sp³-hybridized carbons (Fsp3) is 0.250. The van der Waals surface area contributed by atoms with Crippen molar-refractivity contribution in [3.05, 3.63) is 58.5 Å². The van der Waals surface area contributed by atoms with Gasteiger partial charge in [-0.15, -0.1) is 0 Å². The average Bonchev–Trinajstić information content (AvgIpc) is 2.38. The number of nitrogens with one attached hydrogen (secondary N) is 1. The SMILES string of the molecule is Cc1cc(C)c(C#N)c(NC(C)c2cccc(F)c2)n1. The third kappa shape index (κ3) is 2.94. The van der Waals surface area contributed by atoms with Crippen LogP contribution >= 0.6 is 0 Å². The van der Waals surface area contributed by atoms with Crippen molar-refractivity contribution in [2.75, 3.05) is 5.32 Å². The fourth-order valence-corrected chi connectivity index (χ4v) is 2.15. The highest BCUT2D eigenvalue weighted by atomic mass is 19.1. The number of pyridine rings is 1. The molecule has 0 saturated heterocycles. The quantitative estimate of drug-likeness (QED) is 0.919. The van der Waals surface area contributed by atoms with Crippen molar-refractivity contribution in [2.45, 2.75) is 26.8 Å². The normalized spacial score (nSPS) is 11.8. The summed E-state index contributed by atoms with van der Waals surface area (Å²) in [5.41, 5.74) is 3.07. The zero-order chi connectivity index (χ0) is 14.7. The van der Waals surface area contributed by atoms with Gasteiger partial charge in [-0.05, 0) is 50.1 Å². The van der Waals surface area contributed by atoms with Crippen molar-refractivity contribution < 1.29 is 4.39 Å². The lowest BCUT2D eigenvalue weighted by atomic mass is 10.1. The highest BCUT2D eigenvalue weighted by Crippen LogP contribution is 2.23. The number of aryl methyl sites for hydroxylation is 2. The lowest BCUT2D eigenvalue weighted by Gasteiger charge is -2.17. The van der Waals surface area contributed by atoms with E-state index in [1.54, 1.807) is 6.07 Å². The first-order valence-corrected chi connectivity index (χ1v) is 6.41. The molecule has 0 aliphatic heterocycles. The minimum absolute atomic E-state index is 0.133. The molecular weight excluding hydrogens is 253 g/mol. The molecule has 0 amide bonds. The van der Waals surface area contributed by atoms with Crippen LogP contribution in [-0.2, 0) is 0 Å². The van der Waals surface area contributed by atoms with Crippen molar-refractivity contribution in [3.8, 4) is 6.07 Å². The highest BCUT2D eigenvalue weighted by Gasteiger charge is 2.12. The second-order valence-electron chi connectivity index (χ2n) is 4.84. The lowest BCUT2D eigenvalue weighted by molar-refractivity contribution is 0.623. The molecule has 0 aliphatic rings. The molecule has 1 unspecified atom stereocenters. The molecule has 0 saturated carbocycles. The molecule has 1 aromatic heterocycles. The zero-order valence-electron chi connectivity index (χ0n) is 11.7. The Bertz CT molecular complexity index is 674. The predicted octanol–water partition coefficient (Wildman–Crippen LogP) is 3.88. The molecule has 0 spiro atoms. The summed E-state index contributed by atoms with van der Waals surface area (Å²) in [4.78, 5) is 4.37. The summed E-state index contributed by atoms with van der Waals surface area (Å²) in [6.45, 7) is 5.67. The van der Waals surface area contributed by atoms with Crippen molar-refractivity contribution >= 4 is 5.82 Å². The minimum Gasteiger partial charge on any atom is -0.362 e. The minimum atomic E-state index is -0.273. The van der Waals surface area contributed by atoms with E-state index in [-0.39, 0.29) is 11.9 Å². The van der Waals surface area contributed by atoms with Crippen LogP contribution in [0.4, 0.5) is 10.2 Å². The summed E-state index contributed by atoms with van der Waals surface area (Å²) in [5.74, 6) is 0.270. The van der Waals surface area contributed by atoms with Gasteiger partial charge in [-0.2, -0.15) is 5.26 Å². The summed E-state index contributed by atoms with van der Waals surface area (Å²) in [5, 5.41) is 12.4. The van der Waals surface area contributed by atoms with Gasteiger partial charge in [-0.3, -0.25) is 0 Å². The van der Waals surface area contributed by atoms with Gasteiger partial charge < -0.3 is 5.32 Å². The summed E-state index contributed by atoms with van der Waals surface area (Å²) < 4.78 is 13.2. The number of anilines is 1. The summed E-state index contributed by atoms with van der Waals surface area (Å²) in [6.07, 6.45) is 0. The smallest absolute Gasteiger partial charge is 0.144 e. The Morgan fingerprint density at radius 2 is 2.05 bits per heavy atom. The molecule has 0 bridgehead atoms. The Hall–Kier alpha value is -2.41. The van der Waals surface area contributed by atoms with Gasteiger partial charge in [0.05, 0.1) is 11.6 Å². The number of aromatic nitrogens is 1. The second-order valence-corrected chi connectivity index (χ2v) is 4.84. The third-order valence-corrected chi connectivity index (χ3v) is 3.16. The summed E-state index contributed by atoms with van der Waals surface area (Å²) >= 11 is 0. The number of hydrogen-bond donors (Lipinski definition) is 1. The Labute approximate surface area is 118 Å². The maximum atomic E-state index is 13.2. The number of hydrogen-bond acceptors (Lipinski definition) is 3. The molecule has 102 valence electrons. The van der Waals surface area contributed by atoms with Gasteiger partial charge in [0, 0.05) is 5.69 Å². The maximum absolute atomic E-state index is 13.2. The van der Waals surface area contributed by atoms with Crippen LogP contribution in [0.3, 0.4) is 0 Å². The first-order chi connectivity index (χ1) is 9.51. The van der Waals surface area contributed by atoms with Crippen LogP contribution in [0.25, 0.3) is 0 Å². The standard InChI is InChI=1S/C16H16FN3/c1-10-7-11(2)19-16(15(10)9-18)20-12(3)13-5-4-6-14(17)8-13/h4-8,12H,1-3H3,(H,19,20). The molecule has 1 N–H and O–H groups in total. The Balaban J connectivity index is 2.33. The van der Waals surface area contributed by atoms with Crippen molar-refractivity contribution in [3.63, 3.8) is 0 Å². The first kappa shape index (κ1) is 14.0. The Morgan fingerprint density at radius 3 is 2.70 bits per heavy atom. The van der Waals surface area contributed by atoms with Gasteiger partial charge >= 0.3 is 0 Å². The second kappa shape index (κ2) is 5.70. The summed E-state index contributed by atoms with van der Waals surface area (Å²) in [6, 6.07) is 10.3. The molecule has 4 heteroatoms. The monoisotopic (exact) mass is 269 g/mol. The van der Waals surface area contributed by atoms with E-state index in [1.165, 1.54) is 12.1 Å². The van der Waals surface area contributed by atoms with Crippen LogP contribution in [-0.4, -0.2) is 4.98 Å². The largest absolute Gasteiger partial charge is 0.362 e. The van der Waals surface area contributed by atoms with E-state index >= 15 is 0 Å². The molecule has 0 fully saturated rings. The molecule has 2 rings (SSSR count). The molecule has 1 aromatic carbocycles. The van der Waals surface area contributed by atoms with E-state index in [1.807, 2.05) is 32.9 Å². The van der Waals surface area contributed by atoms with Crippen molar-refractivity contribution in [2.24, 2.45) is 0 Å². The molecule has 0 aliphatic carbocycles. The molecule has 2 aromatic rings. The number of rotatable bonds is 3. The van der Waals surface area contributed by atoms with Gasteiger partial charge in [-0.25, -0.2) is 9.37 Å². The fourth-order valence-electron chi connectivity index (χ4n) is 2.15. The highest BCUT2D eigenvalue weighted by molar-refractivity contribution is 5.57. The number of nitrogens with zero attached hydrogens (tertiary/aromatic N) is 2. The van der Waals surface area contributed by atoms with Crippen LogP contribution in [0.1, 0.15) is 35.3 Å². The number of benzene rings is 1. The van der Waals surface area contributed by atoms with E-state index in [4.69, 9.17) is 0 Å². The van der Waals surface area contributed by atoms with Crippen LogP contribution < -0.4 is 5.32 Å². The third-order valence-electron chi connectivity index (χ3n) is 3.16. The first-order valence-electron chi connectivity index (χ1n) is 6.41. The average molecular weight is 269 g/mol. The van der Waals surface area contributed by atoms with Crippen LogP contribution in [0.15, 0.2) is 30.3 Å². The summed E-state index contributed by atoms with van der Waals surface area (Å²) in [7, 11) is 0. The van der Waals surface area contributed by atoms with E-state index in [0.29, 0.717) is 11.4 Å². The Kier molecular flexibility index (Phi) is 3.99.